The lowest BCUT2D eigenvalue weighted by Crippen LogP contribution is -2.47. The summed E-state index contributed by atoms with van der Waals surface area (Å²) in [7, 11) is 3.01. The molecule has 0 spiro atoms. The molecule has 1 fully saturated rings. The summed E-state index contributed by atoms with van der Waals surface area (Å²) < 4.78 is 6.51. The van der Waals surface area contributed by atoms with E-state index >= 15 is 0 Å². The van der Waals surface area contributed by atoms with Crippen LogP contribution in [0.4, 0.5) is 5.82 Å². The molecule has 0 saturated carbocycles. The van der Waals surface area contributed by atoms with Gasteiger partial charge in [-0.2, -0.15) is 5.10 Å². The summed E-state index contributed by atoms with van der Waals surface area (Å²) >= 11 is 0. The van der Waals surface area contributed by atoms with Gasteiger partial charge in [0.15, 0.2) is 0 Å². The Bertz CT molecular complexity index is 916. The Morgan fingerprint density at radius 1 is 1.37 bits per heavy atom. The molecule has 0 bridgehead atoms. The summed E-state index contributed by atoms with van der Waals surface area (Å²) in [4.78, 5) is 37.7. The molecule has 2 aromatic rings. The number of pyridine rings is 1. The third-order valence-corrected chi connectivity index (χ3v) is 4.74. The molecule has 0 aliphatic carbocycles. The summed E-state index contributed by atoms with van der Waals surface area (Å²) in [6.07, 6.45) is 4.47. The van der Waals surface area contributed by atoms with Crippen LogP contribution in [0.25, 0.3) is 0 Å². The number of nitrogens with one attached hydrogen (secondary N) is 2. The van der Waals surface area contributed by atoms with Gasteiger partial charge in [0, 0.05) is 44.5 Å². The molecule has 144 valence electrons. The number of aromatic amines is 1. The molecule has 27 heavy (non-hydrogen) atoms. The Kier molecular flexibility index (Phi) is 5.58. The number of H-pyrrole nitrogens is 1. The molecule has 0 aromatic carbocycles. The number of hydrogen-bond acceptors (Lipinski definition) is 6. The minimum atomic E-state index is -0.303. The quantitative estimate of drug-likeness (QED) is 0.778. The van der Waals surface area contributed by atoms with Gasteiger partial charge in [0.25, 0.3) is 17.0 Å². The minimum absolute atomic E-state index is 0.0691. The van der Waals surface area contributed by atoms with E-state index in [1.807, 2.05) is 0 Å². The maximum atomic E-state index is 12.6. The molecule has 1 aliphatic rings. The zero-order valence-corrected chi connectivity index (χ0v) is 15.4. The van der Waals surface area contributed by atoms with Gasteiger partial charge in [-0.1, -0.05) is 0 Å². The van der Waals surface area contributed by atoms with Crippen molar-refractivity contribution in [3.05, 3.63) is 50.7 Å². The lowest BCUT2D eigenvalue weighted by Gasteiger charge is -2.36. The van der Waals surface area contributed by atoms with Crippen LogP contribution in [0.2, 0.25) is 0 Å². The zero-order valence-electron chi connectivity index (χ0n) is 15.4. The van der Waals surface area contributed by atoms with Crippen LogP contribution in [0.5, 0.6) is 5.75 Å². The second kappa shape index (κ2) is 8.07. The smallest absolute Gasteiger partial charge is 0.264 e. The van der Waals surface area contributed by atoms with Crippen LogP contribution >= 0.6 is 0 Å². The first-order chi connectivity index (χ1) is 13.0. The van der Waals surface area contributed by atoms with Crippen molar-refractivity contribution in [2.75, 3.05) is 25.1 Å². The Hall–Kier alpha value is -3.10. The van der Waals surface area contributed by atoms with Crippen LogP contribution < -0.4 is 26.1 Å². The average Bonchev–Trinajstić information content (AvgIpc) is 2.68. The minimum Gasteiger partial charge on any atom is -0.496 e. The fourth-order valence-electron chi connectivity index (χ4n) is 3.27. The van der Waals surface area contributed by atoms with E-state index in [0.717, 1.165) is 25.8 Å². The van der Waals surface area contributed by atoms with E-state index < -0.39 is 0 Å². The van der Waals surface area contributed by atoms with E-state index in [-0.39, 0.29) is 28.8 Å². The highest BCUT2D eigenvalue weighted by Gasteiger charge is 2.25. The fraction of sp³-hybridized carbons (Fsp3) is 0.444. The van der Waals surface area contributed by atoms with E-state index in [1.54, 1.807) is 13.1 Å². The SMILES string of the molecule is COc1cc(=O)n(C)cc1C(=O)NCC1CCCCN1c1ccc(=O)[nH]n1. The summed E-state index contributed by atoms with van der Waals surface area (Å²) in [5.41, 5.74) is -0.183. The predicted octanol–water partition coefficient (Wildman–Crippen LogP) is 0.266. The average molecular weight is 373 g/mol. The fourth-order valence-corrected chi connectivity index (χ4v) is 3.27. The lowest BCUT2D eigenvalue weighted by molar-refractivity contribution is 0.0945. The van der Waals surface area contributed by atoms with Gasteiger partial charge in [0.1, 0.15) is 11.6 Å². The number of carbonyl (C=O) groups excluding carboxylic acids is 1. The molecular formula is C18H23N5O4. The highest BCUT2D eigenvalue weighted by molar-refractivity contribution is 5.96. The van der Waals surface area contributed by atoms with E-state index in [9.17, 15) is 14.4 Å². The number of aromatic nitrogens is 3. The van der Waals surface area contributed by atoms with Gasteiger partial charge < -0.3 is 19.5 Å². The number of nitrogens with zero attached hydrogens (tertiary/aromatic N) is 3. The van der Waals surface area contributed by atoms with Gasteiger partial charge in [-0.3, -0.25) is 14.4 Å². The highest BCUT2D eigenvalue weighted by atomic mass is 16.5. The Morgan fingerprint density at radius 3 is 2.89 bits per heavy atom. The summed E-state index contributed by atoms with van der Waals surface area (Å²) in [6.45, 7) is 1.23. The topological polar surface area (TPSA) is 109 Å². The normalized spacial score (nSPS) is 16.8. The second-order valence-corrected chi connectivity index (χ2v) is 6.54. The molecule has 1 atom stereocenters. The number of methoxy groups -OCH3 is 1. The predicted molar refractivity (Wildman–Crippen MR) is 100 cm³/mol. The number of ether oxygens (including phenoxy) is 1. The van der Waals surface area contributed by atoms with Crippen molar-refractivity contribution in [1.82, 2.24) is 20.1 Å². The number of rotatable bonds is 5. The van der Waals surface area contributed by atoms with Gasteiger partial charge in [-0.25, -0.2) is 5.10 Å². The van der Waals surface area contributed by atoms with Crippen LogP contribution in [-0.2, 0) is 7.05 Å². The molecule has 1 unspecified atom stereocenters. The van der Waals surface area contributed by atoms with Crippen LogP contribution in [0, 0.1) is 0 Å². The van der Waals surface area contributed by atoms with Crippen LogP contribution in [-0.4, -0.2) is 46.9 Å². The number of piperidine rings is 1. The Balaban J connectivity index is 1.73. The van der Waals surface area contributed by atoms with Gasteiger partial charge in [-0.15, -0.1) is 0 Å². The van der Waals surface area contributed by atoms with Crippen LogP contribution in [0.1, 0.15) is 29.6 Å². The van der Waals surface area contributed by atoms with Gasteiger partial charge in [-0.05, 0) is 25.3 Å². The Labute approximate surface area is 156 Å². The van der Waals surface area contributed by atoms with Crippen molar-refractivity contribution < 1.29 is 9.53 Å². The van der Waals surface area contributed by atoms with Crippen LogP contribution in [0.15, 0.2) is 34.0 Å². The van der Waals surface area contributed by atoms with Gasteiger partial charge in [0.2, 0.25) is 0 Å². The maximum Gasteiger partial charge on any atom is 0.264 e. The van der Waals surface area contributed by atoms with Crippen molar-refractivity contribution in [2.45, 2.75) is 25.3 Å². The highest BCUT2D eigenvalue weighted by Crippen LogP contribution is 2.22. The van der Waals surface area contributed by atoms with Crippen molar-refractivity contribution in [3.8, 4) is 5.75 Å². The molecule has 2 N–H and O–H groups in total. The molecular weight excluding hydrogens is 350 g/mol. The molecule has 2 aromatic heterocycles. The lowest BCUT2D eigenvalue weighted by atomic mass is 10.0. The van der Waals surface area contributed by atoms with Crippen LogP contribution in [0.3, 0.4) is 0 Å². The molecule has 1 saturated heterocycles. The number of anilines is 1. The number of amides is 1. The largest absolute Gasteiger partial charge is 0.496 e. The van der Waals surface area contributed by atoms with E-state index in [0.29, 0.717) is 17.9 Å². The van der Waals surface area contributed by atoms with Crippen molar-refractivity contribution in [3.63, 3.8) is 0 Å². The second-order valence-electron chi connectivity index (χ2n) is 6.54. The first-order valence-corrected chi connectivity index (χ1v) is 8.85. The molecule has 3 heterocycles. The maximum absolute atomic E-state index is 12.6. The van der Waals surface area contributed by atoms with Gasteiger partial charge >= 0.3 is 0 Å². The van der Waals surface area contributed by atoms with Crippen molar-refractivity contribution in [2.24, 2.45) is 7.05 Å². The molecule has 1 amide bonds. The zero-order chi connectivity index (χ0) is 19.4. The Morgan fingerprint density at radius 2 is 2.19 bits per heavy atom. The summed E-state index contributed by atoms with van der Waals surface area (Å²) in [5.74, 6) is 0.633. The van der Waals surface area contributed by atoms with E-state index in [1.165, 1.54) is 30.0 Å². The number of carbonyl (C=O) groups is 1. The summed E-state index contributed by atoms with van der Waals surface area (Å²) in [6, 6.07) is 4.50. The van der Waals surface area contributed by atoms with Crippen molar-refractivity contribution in [1.29, 1.82) is 0 Å². The molecule has 9 heteroatoms. The molecule has 9 nitrogen and oxygen atoms in total. The number of aryl methyl sites for hydroxylation is 1. The van der Waals surface area contributed by atoms with E-state index in [2.05, 4.69) is 20.4 Å². The standard InChI is InChI=1S/C18H23N5O4/c1-22-11-13(14(27-2)9-17(22)25)18(26)19-10-12-5-3-4-8-23(12)15-6-7-16(24)21-20-15/h6-7,9,11-12H,3-5,8,10H2,1-2H3,(H,19,26)(H,21,24). The first kappa shape index (κ1) is 18.7. The monoisotopic (exact) mass is 373 g/mol. The van der Waals surface area contributed by atoms with E-state index in [4.69, 9.17) is 4.74 Å². The molecule has 0 radical (unpaired) electrons. The van der Waals surface area contributed by atoms with Crippen molar-refractivity contribution >= 4 is 11.7 Å². The summed E-state index contributed by atoms with van der Waals surface area (Å²) in [5, 5.41) is 9.48. The molecule has 1 aliphatic heterocycles. The van der Waals surface area contributed by atoms with Gasteiger partial charge in [0.05, 0.1) is 12.7 Å². The third kappa shape index (κ3) is 4.18. The first-order valence-electron chi connectivity index (χ1n) is 8.85. The third-order valence-electron chi connectivity index (χ3n) is 4.74. The molecule has 3 rings (SSSR count). The number of hydrogen-bond donors (Lipinski definition) is 2.